The highest BCUT2D eigenvalue weighted by Crippen LogP contribution is 2.51. The van der Waals surface area contributed by atoms with E-state index in [1.165, 1.54) is 0 Å². The minimum absolute atomic E-state index is 0.172. The van der Waals surface area contributed by atoms with Crippen LogP contribution in [0.1, 0.15) is 89.6 Å². The maximum Gasteiger partial charge on any atom is 0.145 e. The van der Waals surface area contributed by atoms with Gasteiger partial charge in [-0.2, -0.15) is 0 Å². The van der Waals surface area contributed by atoms with Crippen molar-refractivity contribution in [1.82, 2.24) is 0 Å². The highest BCUT2D eigenvalue weighted by atomic mass is 16.6. The Balaban J connectivity index is 0.000000157. The summed E-state index contributed by atoms with van der Waals surface area (Å²) in [5.41, 5.74) is 8.97. The van der Waals surface area contributed by atoms with Crippen LogP contribution >= 0.6 is 0 Å². The van der Waals surface area contributed by atoms with E-state index in [1.54, 1.807) is 14.2 Å². The molecule has 6 heterocycles. The second-order valence-electron chi connectivity index (χ2n) is 18.1. The fraction of sp³-hybridized carbons (Fsp3) is 0.321. The molecule has 5 aromatic rings. The number of methoxy groups -OCH3 is 2. The third-order valence-corrected chi connectivity index (χ3v) is 12.7. The van der Waals surface area contributed by atoms with Crippen LogP contribution in [0.4, 0.5) is 0 Å². The van der Waals surface area contributed by atoms with E-state index in [1.807, 2.05) is 139 Å². The van der Waals surface area contributed by atoms with E-state index in [9.17, 15) is 5.21 Å². The molecule has 1 N–H and O–H groups in total. The van der Waals surface area contributed by atoms with E-state index in [0.717, 1.165) is 96.0 Å². The molecular weight excluding hydrogens is 825 g/mol. The maximum absolute atomic E-state index is 9.98. The number of hydrogen-bond acceptors (Lipinski definition) is 12. The number of ether oxygens (including phenoxy) is 8. The van der Waals surface area contributed by atoms with Gasteiger partial charge in [0.15, 0.2) is 0 Å². The molecule has 65 heavy (non-hydrogen) atoms. The van der Waals surface area contributed by atoms with E-state index < -0.39 is 0 Å². The molecule has 0 fully saturated rings. The van der Waals surface area contributed by atoms with Crippen LogP contribution in [0, 0.1) is 13.8 Å². The molecule has 6 aliphatic heterocycles. The van der Waals surface area contributed by atoms with Crippen LogP contribution in [0.15, 0.2) is 101 Å². The minimum atomic E-state index is -0.381. The number of benzene rings is 5. The van der Waals surface area contributed by atoms with Crippen molar-refractivity contribution in [2.45, 2.75) is 83.4 Å². The molecule has 12 heteroatoms. The Kier molecular flexibility index (Phi) is 10.4. The van der Waals surface area contributed by atoms with Gasteiger partial charge < -0.3 is 47.9 Å². The number of aryl methyl sites for hydroxylation is 2. The van der Waals surface area contributed by atoms with Gasteiger partial charge in [-0.15, -0.1) is 0 Å². The number of nitrogens with zero attached hydrogens (tertiary/aromatic N) is 2. The Morgan fingerprint density at radius 3 is 1.62 bits per heavy atom. The summed E-state index contributed by atoms with van der Waals surface area (Å²) in [5.74, 6) is 5.67. The largest absolute Gasteiger partial charge is 0.496 e. The Labute approximate surface area is 378 Å². The van der Waals surface area contributed by atoms with Gasteiger partial charge in [0.2, 0.25) is 0 Å². The summed E-state index contributed by atoms with van der Waals surface area (Å²) < 4.78 is 48.6. The van der Waals surface area contributed by atoms with Crippen molar-refractivity contribution in [1.29, 1.82) is 0 Å². The molecule has 5 aromatic carbocycles. The minimum Gasteiger partial charge on any atom is -0.496 e. The van der Waals surface area contributed by atoms with Crippen LogP contribution in [0.3, 0.4) is 0 Å². The molecule has 0 saturated heterocycles. The van der Waals surface area contributed by atoms with E-state index in [-0.39, 0.29) is 35.2 Å². The normalized spacial score (nSPS) is 22.8. The predicted molar refractivity (Wildman–Crippen MR) is 247 cm³/mol. The van der Waals surface area contributed by atoms with Gasteiger partial charge in [-0.3, -0.25) is 0 Å². The molecule has 0 amide bonds. The van der Waals surface area contributed by atoms with Gasteiger partial charge >= 0.3 is 0 Å². The molecule has 4 atom stereocenters. The first kappa shape index (κ1) is 41.9. The number of rotatable bonds is 5. The van der Waals surface area contributed by atoms with Crippen molar-refractivity contribution in [3.63, 3.8) is 0 Å². The van der Waals surface area contributed by atoms with Gasteiger partial charge in [0.25, 0.3) is 0 Å². The highest BCUT2D eigenvalue weighted by molar-refractivity contribution is 6.10. The van der Waals surface area contributed by atoms with E-state index in [2.05, 4.69) is 11.2 Å². The van der Waals surface area contributed by atoms with E-state index in [4.69, 9.17) is 47.9 Å². The van der Waals surface area contributed by atoms with Crippen molar-refractivity contribution < 1.29 is 47.9 Å². The molecule has 12 nitrogen and oxygen atoms in total. The van der Waals surface area contributed by atoms with E-state index in [0.29, 0.717) is 31.3 Å². The predicted octanol–water partition coefficient (Wildman–Crippen LogP) is 10.3. The lowest BCUT2D eigenvalue weighted by atomic mass is 9.80. The second-order valence-corrected chi connectivity index (χ2v) is 18.1. The zero-order valence-corrected chi connectivity index (χ0v) is 37.8. The SMILES string of the molecule is COc1cc2c(cc1C)OC[C@H]1Oc3c(ccc4c3C=CC(C)(C)O4)/C(=N\O)[C@@H]21.COc1cc2c(cc1C)OC[C@H]1Oc3c(ccc4c3C=CC(C)(C)O4)/C(=N\OCc3ccccc3)[C@@H]21. The molecule has 0 saturated carbocycles. The molecule has 0 aromatic heterocycles. The van der Waals surface area contributed by atoms with Gasteiger partial charge in [0.1, 0.15) is 101 Å². The third kappa shape index (κ3) is 7.54. The van der Waals surface area contributed by atoms with Crippen LogP contribution in [0.25, 0.3) is 12.2 Å². The zero-order chi connectivity index (χ0) is 45.2. The molecule has 0 aliphatic carbocycles. The van der Waals surface area contributed by atoms with Gasteiger partial charge in [-0.1, -0.05) is 40.6 Å². The summed E-state index contributed by atoms with van der Waals surface area (Å²) in [5, 5.41) is 18.4. The first-order valence-corrected chi connectivity index (χ1v) is 21.9. The Morgan fingerprint density at radius 1 is 0.631 bits per heavy atom. The van der Waals surface area contributed by atoms with Crippen molar-refractivity contribution in [3.05, 3.63) is 141 Å². The number of fused-ring (bicyclic) bond motifs is 12. The maximum atomic E-state index is 9.98. The number of hydrogen-bond donors (Lipinski definition) is 1. The van der Waals surface area contributed by atoms with Crippen molar-refractivity contribution in [2.24, 2.45) is 10.3 Å². The van der Waals surface area contributed by atoms with Crippen LogP contribution in [0.2, 0.25) is 0 Å². The Hall–Kier alpha value is -7.08. The summed E-state index contributed by atoms with van der Waals surface area (Å²) in [6, 6.07) is 25.8. The first-order chi connectivity index (χ1) is 31.3. The molecular formula is C53H52N2O10. The fourth-order valence-electron chi connectivity index (χ4n) is 9.45. The lowest BCUT2D eigenvalue weighted by Crippen LogP contribution is -2.44. The van der Waals surface area contributed by atoms with Crippen LogP contribution < -0.4 is 37.9 Å². The molecule has 0 radical (unpaired) electrons. The molecule has 11 rings (SSSR count). The summed E-state index contributed by atoms with van der Waals surface area (Å²) in [4.78, 5) is 5.95. The van der Waals surface area contributed by atoms with Crippen LogP contribution in [0.5, 0.6) is 46.0 Å². The molecule has 334 valence electrons. The lowest BCUT2D eigenvalue weighted by molar-refractivity contribution is 0.0899. The van der Waals surface area contributed by atoms with Crippen molar-refractivity contribution in [2.75, 3.05) is 27.4 Å². The standard InChI is InChI=1S/C30H29NO5.C23H23NO5/c1-18-14-25-22(15-24(18)32-4)27-26(17-33-25)35-29-20-12-13-30(2,3)36-23(20)11-10-21(29)28(27)31-34-16-19-8-6-5-7-9-19;1-12-9-18-15(10-17(12)26-4)20-19(11-27-18)28-22-13-7-8-23(2,3)29-16(13)6-5-14(22)21(20)24-25/h5-15,26-27H,16-17H2,1-4H3;5-10,19-20,25H,11H2,1-4H3/b31-28+;24-21+/t26-,27+;19-,20+/m11/s1. The van der Waals surface area contributed by atoms with Crippen molar-refractivity contribution >= 4 is 23.6 Å². The van der Waals surface area contributed by atoms with E-state index >= 15 is 0 Å². The van der Waals surface area contributed by atoms with Gasteiger partial charge in [0, 0.05) is 22.3 Å². The molecule has 0 spiro atoms. The average Bonchev–Trinajstić information content (AvgIpc) is 3.29. The Bertz CT molecular complexity index is 2830. The second kappa shape index (κ2) is 16.2. The quantitative estimate of drug-likeness (QED) is 0.135. The first-order valence-electron chi connectivity index (χ1n) is 21.9. The van der Waals surface area contributed by atoms with Gasteiger partial charge in [-0.25, -0.2) is 0 Å². The Morgan fingerprint density at radius 2 is 1.12 bits per heavy atom. The highest BCUT2D eigenvalue weighted by Gasteiger charge is 2.46. The summed E-state index contributed by atoms with van der Waals surface area (Å²) >= 11 is 0. The summed E-state index contributed by atoms with van der Waals surface area (Å²) in [7, 11) is 3.32. The van der Waals surface area contributed by atoms with Crippen molar-refractivity contribution in [3.8, 4) is 46.0 Å². The topological polar surface area (TPSA) is 128 Å². The number of oxime groups is 2. The molecule has 0 unspecified atom stereocenters. The molecule has 0 bridgehead atoms. The summed E-state index contributed by atoms with van der Waals surface area (Å²) in [6.07, 6.45) is 7.55. The zero-order valence-electron chi connectivity index (χ0n) is 37.8. The van der Waals surface area contributed by atoms with Crippen LogP contribution in [-0.4, -0.2) is 67.5 Å². The summed E-state index contributed by atoms with van der Waals surface area (Å²) in [6.45, 7) is 13.2. The van der Waals surface area contributed by atoms with Crippen LogP contribution in [-0.2, 0) is 11.4 Å². The lowest BCUT2D eigenvalue weighted by Gasteiger charge is -2.40. The third-order valence-electron chi connectivity index (χ3n) is 12.7. The smallest absolute Gasteiger partial charge is 0.145 e. The van der Waals surface area contributed by atoms with Gasteiger partial charge in [-0.05, 0) is 131 Å². The average molecular weight is 877 g/mol. The molecule has 6 aliphatic rings. The fourth-order valence-corrected chi connectivity index (χ4v) is 9.45. The monoisotopic (exact) mass is 876 g/mol. The van der Waals surface area contributed by atoms with Gasteiger partial charge in [0.05, 0.1) is 37.2 Å².